The second kappa shape index (κ2) is 7.67. The number of halogens is 1. The smallest absolute Gasteiger partial charge is 0.224 e. The van der Waals surface area contributed by atoms with Gasteiger partial charge in [0.15, 0.2) is 5.03 Å². The second-order valence-corrected chi connectivity index (χ2v) is 8.80. The van der Waals surface area contributed by atoms with Gasteiger partial charge in [0.1, 0.15) is 11.9 Å². The first kappa shape index (κ1) is 19.7. The van der Waals surface area contributed by atoms with Crippen molar-refractivity contribution in [2.24, 2.45) is 0 Å². The molecule has 0 spiro atoms. The van der Waals surface area contributed by atoms with Crippen molar-refractivity contribution in [1.29, 1.82) is 0 Å². The number of H-pyrrole nitrogens is 1. The predicted octanol–water partition coefficient (Wildman–Crippen LogP) is 3.71. The highest BCUT2D eigenvalue weighted by atomic mass is 35.5. The maximum Gasteiger partial charge on any atom is 0.224 e. The summed E-state index contributed by atoms with van der Waals surface area (Å²) >= 11 is 0. The Kier molecular flexibility index (Phi) is 5.21. The van der Waals surface area contributed by atoms with E-state index < -0.39 is 9.84 Å². The predicted molar refractivity (Wildman–Crippen MR) is 115 cm³/mol. The van der Waals surface area contributed by atoms with Crippen molar-refractivity contribution in [3.05, 3.63) is 60.7 Å². The lowest BCUT2D eigenvalue weighted by molar-refractivity contribution is 0.223. The van der Waals surface area contributed by atoms with Crippen molar-refractivity contribution in [1.82, 2.24) is 15.5 Å². The molecule has 4 aromatic rings. The Bertz CT molecular complexity index is 1280. The fraction of sp³-hybridized carbons (Fsp3) is 0.190. The molecule has 2 N–H and O–H groups in total. The molecule has 0 aliphatic carbocycles. The normalized spacial score (nSPS) is 16.8. The average molecular weight is 430 g/mol. The molecular formula is C21H20ClN3O3S. The lowest BCUT2D eigenvalue weighted by Gasteiger charge is -2.12. The van der Waals surface area contributed by atoms with Gasteiger partial charge in [0.2, 0.25) is 9.84 Å². The lowest BCUT2D eigenvalue weighted by atomic mass is 10.1. The van der Waals surface area contributed by atoms with Crippen LogP contribution in [0.5, 0.6) is 5.75 Å². The van der Waals surface area contributed by atoms with Gasteiger partial charge in [-0.15, -0.1) is 12.4 Å². The Morgan fingerprint density at radius 3 is 2.66 bits per heavy atom. The molecule has 1 fully saturated rings. The summed E-state index contributed by atoms with van der Waals surface area (Å²) in [4.78, 5) is 0.266. The van der Waals surface area contributed by atoms with E-state index in [0.717, 1.165) is 24.9 Å². The van der Waals surface area contributed by atoms with E-state index in [4.69, 9.17) is 4.74 Å². The van der Waals surface area contributed by atoms with Crippen LogP contribution in [0.4, 0.5) is 0 Å². The van der Waals surface area contributed by atoms with Gasteiger partial charge in [-0.05, 0) is 42.6 Å². The third-order valence-electron chi connectivity index (χ3n) is 5.12. The molecule has 2 heterocycles. The average Bonchev–Trinajstić information content (AvgIpc) is 3.37. The Hall–Kier alpha value is -2.61. The molecule has 0 radical (unpaired) electrons. The fourth-order valence-electron chi connectivity index (χ4n) is 3.71. The fourth-order valence-corrected chi connectivity index (χ4v) is 5.28. The quantitative estimate of drug-likeness (QED) is 0.516. The van der Waals surface area contributed by atoms with Gasteiger partial charge in [0, 0.05) is 17.3 Å². The van der Waals surface area contributed by atoms with Crippen molar-refractivity contribution in [3.8, 4) is 5.75 Å². The number of aromatic nitrogens is 2. The first-order valence-electron chi connectivity index (χ1n) is 9.21. The summed E-state index contributed by atoms with van der Waals surface area (Å²) in [5.41, 5.74) is 0.593. The molecule has 1 atom stereocenters. The molecule has 8 heteroatoms. The van der Waals surface area contributed by atoms with Crippen LogP contribution in [0.15, 0.2) is 70.6 Å². The molecule has 5 rings (SSSR count). The molecule has 3 aromatic carbocycles. The summed E-state index contributed by atoms with van der Waals surface area (Å²) in [7, 11) is -3.78. The number of fused-ring (bicyclic) bond motifs is 2. The van der Waals surface area contributed by atoms with Crippen molar-refractivity contribution in [2.45, 2.75) is 22.4 Å². The lowest BCUT2D eigenvalue weighted by Crippen LogP contribution is -2.19. The molecular weight excluding hydrogens is 410 g/mol. The SMILES string of the molecule is Cl.O=S(=O)(c1cccc2ccccc12)c1[nH]nc2ccc(OC3CCNC3)cc12. The van der Waals surface area contributed by atoms with E-state index in [1.54, 1.807) is 24.3 Å². The number of benzene rings is 3. The third-order valence-corrected chi connectivity index (χ3v) is 6.90. The van der Waals surface area contributed by atoms with Gasteiger partial charge < -0.3 is 10.1 Å². The number of ether oxygens (including phenoxy) is 1. The summed E-state index contributed by atoms with van der Waals surface area (Å²) in [5.74, 6) is 0.650. The first-order valence-corrected chi connectivity index (χ1v) is 10.7. The number of nitrogens with one attached hydrogen (secondary N) is 2. The van der Waals surface area contributed by atoms with Gasteiger partial charge in [-0.25, -0.2) is 8.42 Å². The Balaban J connectivity index is 0.00000205. The number of nitrogens with zero attached hydrogens (tertiary/aromatic N) is 1. The van der Waals surface area contributed by atoms with E-state index in [1.165, 1.54) is 0 Å². The van der Waals surface area contributed by atoms with Crippen LogP contribution in [0, 0.1) is 0 Å². The van der Waals surface area contributed by atoms with Crippen molar-refractivity contribution in [2.75, 3.05) is 13.1 Å². The van der Waals surface area contributed by atoms with E-state index in [-0.39, 0.29) is 28.4 Å². The number of aromatic amines is 1. The minimum atomic E-state index is -3.78. The molecule has 0 saturated carbocycles. The van der Waals surface area contributed by atoms with E-state index in [2.05, 4.69) is 15.5 Å². The molecule has 150 valence electrons. The molecule has 0 bridgehead atoms. The molecule has 1 aromatic heterocycles. The van der Waals surface area contributed by atoms with Crippen molar-refractivity contribution < 1.29 is 13.2 Å². The summed E-state index contributed by atoms with van der Waals surface area (Å²) in [6, 6.07) is 18.1. The molecule has 1 unspecified atom stereocenters. The van der Waals surface area contributed by atoms with Crippen LogP contribution in [0.2, 0.25) is 0 Å². The minimum Gasteiger partial charge on any atom is -0.489 e. The monoisotopic (exact) mass is 429 g/mol. The van der Waals surface area contributed by atoms with Gasteiger partial charge in [-0.3, -0.25) is 5.10 Å². The van der Waals surface area contributed by atoms with E-state index in [9.17, 15) is 8.42 Å². The highest BCUT2D eigenvalue weighted by molar-refractivity contribution is 7.91. The highest BCUT2D eigenvalue weighted by Gasteiger charge is 2.25. The second-order valence-electron chi connectivity index (χ2n) is 6.95. The summed E-state index contributed by atoms with van der Waals surface area (Å²) in [6.07, 6.45) is 1.03. The van der Waals surface area contributed by atoms with E-state index in [0.29, 0.717) is 22.0 Å². The van der Waals surface area contributed by atoms with Gasteiger partial charge in [0.25, 0.3) is 0 Å². The number of rotatable bonds is 4. The van der Waals surface area contributed by atoms with Crippen LogP contribution < -0.4 is 10.1 Å². The van der Waals surface area contributed by atoms with Crippen molar-refractivity contribution in [3.63, 3.8) is 0 Å². The van der Waals surface area contributed by atoms with Gasteiger partial charge in [-0.1, -0.05) is 36.4 Å². The summed E-state index contributed by atoms with van der Waals surface area (Å²) in [5, 5.41) is 12.4. The zero-order valence-corrected chi connectivity index (χ0v) is 17.1. The topological polar surface area (TPSA) is 84.1 Å². The van der Waals surface area contributed by atoms with Crippen LogP contribution in [-0.4, -0.2) is 37.8 Å². The van der Waals surface area contributed by atoms with Crippen LogP contribution in [0.3, 0.4) is 0 Å². The van der Waals surface area contributed by atoms with Gasteiger partial charge in [-0.2, -0.15) is 5.10 Å². The summed E-state index contributed by atoms with van der Waals surface area (Å²) in [6.45, 7) is 1.73. The van der Waals surface area contributed by atoms with E-state index >= 15 is 0 Å². The third kappa shape index (κ3) is 3.46. The maximum absolute atomic E-state index is 13.5. The Labute approximate surface area is 174 Å². The maximum atomic E-state index is 13.5. The molecule has 6 nitrogen and oxygen atoms in total. The first-order chi connectivity index (χ1) is 13.6. The van der Waals surface area contributed by atoms with Crippen LogP contribution in [0.1, 0.15) is 6.42 Å². The number of sulfone groups is 1. The largest absolute Gasteiger partial charge is 0.489 e. The zero-order valence-electron chi connectivity index (χ0n) is 15.5. The molecule has 0 amide bonds. The van der Waals surface area contributed by atoms with Crippen molar-refractivity contribution >= 4 is 43.9 Å². The molecule has 1 aliphatic heterocycles. The standard InChI is InChI=1S/C21H19N3O3S.ClH/c25-28(26,20-7-3-5-14-4-1-2-6-17(14)20)21-18-12-15(8-9-19(18)23-24-21)27-16-10-11-22-13-16;/h1-9,12,16,22H,10-11,13H2,(H,23,24);1H. The Morgan fingerprint density at radius 1 is 1.00 bits per heavy atom. The van der Waals surface area contributed by atoms with Crippen LogP contribution >= 0.6 is 12.4 Å². The molecule has 1 aliphatic rings. The highest BCUT2D eigenvalue weighted by Crippen LogP contribution is 2.32. The Morgan fingerprint density at radius 2 is 1.83 bits per heavy atom. The minimum absolute atomic E-state index is 0. The van der Waals surface area contributed by atoms with Gasteiger partial charge in [0.05, 0.1) is 10.4 Å². The number of hydrogen-bond donors (Lipinski definition) is 2. The van der Waals surface area contributed by atoms with Crippen LogP contribution in [-0.2, 0) is 9.84 Å². The number of hydrogen-bond acceptors (Lipinski definition) is 5. The summed E-state index contributed by atoms with van der Waals surface area (Å²) < 4.78 is 32.9. The molecule has 1 saturated heterocycles. The zero-order chi connectivity index (χ0) is 19.1. The molecule has 29 heavy (non-hydrogen) atoms. The van der Waals surface area contributed by atoms with Gasteiger partial charge >= 0.3 is 0 Å². The van der Waals surface area contributed by atoms with E-state index in [1.807, 2.05) is 36.4 Å². The van der Waals surface area contributed by atoms with Crippen LogP contribution in [0.25, 0.3) is 21.7 Å².